The minimum absolute atomic E-state index is 0.201. The molecule has 2 aromatic carbocycles. The van der Waals surface area contributed by atoms with Gasteiger partial charge in [-0.05, 0) is 56.5 Å². The van der Waals surface area contributed by atoms with Crippen LogP contribution in [0.1, 0.15) is 23.6 Å². The molecule has 0 fully saturated rings. The average Bonchev–Trinajstić information content (AvgIpc) is 2.47. The first-order valence-electron chi connectivity index (χ1n) is 7.19. The Kier molecular flexibility index (Phi) is 5.09. The summed E-state index contributed by atoms with van der Waals surface area (Å²) in [6.45, 7) is 7.54. The maximum atomic E-state index is 12.3. The van der Waals surface area contributed by atoms with Crippen LogP contribution in [-0.2, 0) is 4.79 Å². The third kappa shape index (κ3) is 3.60. The molecule has 0 aromatic heterocycles. The van der Waals surface area contributed by atoms with Crippen LogP contribution in [0.2, 0.25) is 5.02 Å². The van der Waals surface area contributed by atoms with Gasteiger partial charge in [-0.1, -0.05) is 35.9 Å². The first kappa shape index (κ1) is 16.4. The van der Waals surface area contributed by atoms with Crippen LogP contribution in [0, 0.1) is 20.8 Å². The van der Waals surface area contributed by atoms with Gasteiger partial charge in [0.2, 0.25) is 0 Å². The van der Waals surface area contributed by atoms with Crippen LogP contribution in [-0.4, -0.2) is 12.0 Å². The minimum atomic E-state index is -0.599. The Morgan fingerprint density at radius 3 is 2.32 bits per heavy atom. The molecule has 1 atom stereocenters. The lowest BCUT2D eigenvalue weighted by Gasteiger charge is -2.18. The van der Waals surface area contributed by atoms with Crippen LogP contribution < -0.4 is 10.1 Å². The highest BCUT2D eigenvalue weighted by Crippen LogP contribution is 2.25. The lowest BCUT2D eigenvalue weighted by molar-refractivity contribution is -0.122. The van der Waals surface area contributed by atoms with E-state index in [1.807, 2.05) is 51.1 Å². The lowest BCUT2D eigenvalue weighted by Crippen LogP contribution is -2.30. The maximum absolute atomic E-state index is 12.3. The monoisotopic (exact) mass is 317 g/mol. The van der Waals surface area contributed by atoms with Crippen molar-refractivity contribution in [2.75, 3.05) is 5.32 Å². The predicted molar refractivity (Wildman–Crippen MR) is 90.8 cm³/mol. The summed E-state index contributed by atoms with van der Waals surface area (Å²) in [7, 11) is 0. The van der Waals surface area contributed by atoms with Crippen molar-refractivity contribution in [1.82, 2.24) is 0 Å². The third-order valence-electron chi connectivity index (χ3n) is 3.60. The van der Waals surface area contributed by atoms with Gasteiger partial charge in [-0.2, -0.15) is 0 Å². The molecular weight excluding hydrogens is 298 g/mol. The fraction of sp³-hybridized carbons (Fsp3) is 0.278. The number of amides is 1. The fourth-order valence-corrected chi connectivity index (χ4v) is 2.37. The number of anilines is 1. The Labute approximate surface area is 136 Å². The molecule has 0 heterocycles. The predicted octanol–water partition coefficient (Wildman–Crippen LogP) is 4.67. The SMILES string of the molecule is Cc1cccc(C)c1OC(C)C(=O)Nc1cccc(Cl)c1C. The third-order valence-corrected chi connectivity index (χ3v) is 4.01. The van der Waals surface area contributed by atoms with E-state index in [9.17, 15) is 4.79 Å². The molecule has 0 aliphatic rings. The summed E-state index contributed by atoms with van der Waals surface area (Å²) in [4.78, 5) is 12.3. The first-order chi connectivity index (χ1) is 10.4. The average molecular weight is 318 g/mol. The number of benzene rings is 2. The Morgan fingerprint density at radius 1 is 1.09 bits per heavy atom. The van der Waals surface area contributed by atoms with Crippen LogP contribution in [0.25, 0.3) is 0 Å². The van der Waals surface area contributed by atoms with Crippen molar-refractivity contribution in [2.45, 2.75) is 33.8 Å². The largest absolute Gasteiger partial charge is 0.480 e. The van der Waals surface area contributed by atoms with Gasteiger partial charge in [-0.3, -0.25) is 4.79 Å². The van der Waals surface area contributed by atoms with Crippen molar-refractivity contribution in [1.29, 1.82) is 0 Å². The van der Waals surface area contributed by atoms with Crippen molar-refractivity contribution >= 4 is 23.2 Å². The highest BCUT2D eigenvalue weighted by atomic mass is 35.5. The number of halogens is 1. The van der Waals surface area contributed by atoms with Crippen LogP contribution >= 0.6 is 11.6 Å². The van der Waals surface area contributed by atoms with Crippen molar-refractivity contribution in [3.63, 3.8) is 0 Å². The molecule has 0 radical (unpaired) electrons. The maximum Gasteiger partial charge on any atom is 0.265 e. The Morgan fingerprint density at radius 2 is 1.68 bits per heavy atom. The highest BCUT2D eigenvalue weighted by Gasteiger charge is 2.18. The molecule has 1 unspecified atom stereocenters. The molecule has 0 aliphatic heterocycles. The Hall–Kier alpha value is -2.00. The van der Waals surface area contributed by atoms with E-state index >= 15 is 0 Å². The van der Waals surface area contributed by atoms with Gasteiger partial charge in [0, 0.05) is 10.7 Å². The number of hydrogen-bond acceptors (Lipinski definition) is 2. The second-order valence-corrected chi connectivity index (χ2v) is 5.79. The van der Waals surface area contributed by atoms with Gasteiger partial charge in [-0.15, -0.1) is 0 Å². The van der Waals surface area contributed by atoms with E-state index in [1.54, 1.807) is 13.0 Å². The second-order valence-electron chi connectivity index (χ2n) is 5.38. The molecule has 4 heteroatoms. The zero-order chi connectivity index (χ0) is 16.3. The van der Waals surface area contributed by atoms with E-state index in [1.165, 1.54) is 0 Å². The summed E-state index contributed by atoms with van der Waals surface area (Å²) < 4.78 is 5.83. The topological polar surface area (TPSA) is 38.3 Å². The number of carbonyl (C=O) groups excluding carboxylic acids is 1. The summed E-state index contributed by atoms with van der Waals surface area (Å²) in [5.41, 5.74) is 3.57. The zero-order valence-corrected chi connectivity index (χ0v) is 14.0. The summed E-state index contributed by atoms with van der Waals surface area (Å²) in [5, 5.41) is 3.49. The number of nitrogens with one attached hydrogen (secondary N) is 1. The summed E-state index contributed by atoms with van der Waals surface area (Å²) in [5.74, 6) is 0.556. The van der Waals surface area contributed by atoms with Gasteiger partial charge in [0.1, 0.15) is 5.75 Å². The van der Waals surface area contributed by atoms with Crippen molar-refractivity contribution < 1.29 is 9.53 Å². The first-order valence-corrected chi connectivity index (χ1v) is 7.56. The number of para-hydroxylation sites is 1. The molecule has 1 amide bonds. The minimum Gasteiger partial charge on any atom is -0.480 e. The van der Waals surface area contributed by atoms with Gasteiger partial charge >= 0.3 is 0 Å². The number of carbonyl (C=O) groups is 1. The van der Waals surface area contributed by atoms with Crippen molar-refractivity contribution in [3.05, 3.63) is 58.1 Å². The molecule has 0 bridgehead atoms. The zero-order valence-electron chi connectivity index (χ0n) is 13.2. The molecule has 1 N–H and O–H groups in total. The molecule has 0 saturated carbocycles. The molecule has 0 saturated heterocycles. The van der Waals surface area contributed by atoms with Gasteiger partial charge in [0.25, 0.3) is 5.91 Å². The normalized spacial score (nSPS) is 11.9. The van der Waals surface area contributed by atoms with Crippen LogP contribution in [0.3, 0.4) is 0 Å². The van der Waals surface area contributed by atoms with Crippen LogP contribution in [0.5, 0.6) is 5.75 Å². The molecule has 3 nitrogen and oxygen atoms in total. The van der Waals surface area contributed by atoms with Crippen LogP contribution in [0.15, 0.2) is 36.4 Å². The Balaban J connectivity index is 2.11. The number of ether oxygens (including phenoxy) is 1. The highest BCUT2D eigenvalue weighted by molar-refractivity contribution is 6.31. The fourth-order valence-electron chi connectivity index (χ4n) is 2.19. The molecule has 0 spiro atoms. The van der Waals surface area contributed by atoms with E-state index in [0.717, 1.165) is 22.4 Å². The van der Waals surface area contributed by atoms with Gasteiger partial charge in [0.05, 0.1) is 0 Å². The molecular formula is C18H20ClNO2. The molecule has 22 heavy (non-hydrogen) atoms. The summed E-state index contributed by atoms with van der Waals surface area (Å²) >= 11 is 6.07. The van der Waals surface area contributed by atoms with Gasteiger partial charge in [0.15, 0.2) is 6.10 Å². The van der Waals surface area contributed by atoms with Gasteiger partial charge in [-0.25, -0.2) is 0 Å². The van der Waals surface area contributed by atoms with E-state index < -0.39 is 6.10 Å². The van der Waals surface area contributed by atoms with E-state index in [4.69, 9.17) is 16.3 Å². The smallest absolute Gasteiger partial charge is 0.265 e. The van der Waals surface area contributed by atoms with Crippen LogP contribution in [0.4, 0.5) is 5.69 Å². The summed E-state index contributed by atoms with van der Waals surface area (Å²) in [6, 6.07) is 11.3. The van der Waals surface area contributed by atoms with Crippen molar-refractivity contribution in [3.8, 4) is 5.75 Å². The molecule has 116 valence electrons. The Bertz CT molecular complexity index is 677. The molecule has 2 rings (SSSR count). The van der Waals surface area contributed by atoms with Gasteiger partial charge < -0.3 is 10.1 Å². The standard InChI is InChI=1S/C18H20ClNO2/c1-11-7-5-8-12(2)17(11)22-14(4)18(21)20-16-10-6-9-15(19)13(16)3/h5-10,14H,1-4H3,(H,20,21). The van der Waals surface area contributed by atoms with E-state index in [-0.39, 0.29) is 5.91 Å². The van der Waals surface area contributed by atoms with E-state index in [2.05, 4.69) is 5.32 Å². The molecule has 0 aliphatic carbocycles. The molecule has 2 aromatic rings. The quantitative estimate of drug-likeness (QED) is 0.889. The number of hydrogen-bond donors (Lipinski definition) is 1. The lowest BCUT2D eigenvalue weighted by atomic mass is 10.1. The van der Waals surface area contributed by atoms with E-state index in [0.29, 0.717) is 10.7 Å². The number of aryl methyl sites for hydroxylation is 2. The number of rotatable bonds is 4. The second kappa shape index (κ2) is 6.84. The summed E-state index contributed by atoms with van der Waals surface area (Å²) in [6.07, 6.45) is -0.599. The van der Waals surface area contributed by atoms with Crippen molar-refractivity contribution in [2.24, 2.45) is 0 Å².